The van der Waals surface area contributed by atoms with Gasteiger partial charge in [0, 0.05) is 36.2 Å². The van der Waals surface area contributed by atoms with Gasteiger partial charge in [0.05, 0.1) is 17.1 Å². The van der Waals surface area contributed by atoms with Gasteiger partial charge in [-0.3, -0.25) is 4.79 Å². The number of fused-ring (bicyclic) bond motifs is 1. The molecule has 138 valence electrons. The molecule has 0 radical (unpaired) electrons. The first-order valence-corrected chi connectivity index (χ1v) is 10.7. The summed E-state index contributed by atoms with van der Waals surface area (Å²) in [5.74, 6) is 1.03. The fourth-order valence-electron chi connectivity index (χ4n) is 3.45. The van der Waals surface area contributed by atoms with E-state index in [9.17, 15) is 13.2 Å². The van der Waals surface area contributed by atoms with Gasteiger partial charge in [0.25, 0.3) is 5.91 Å². The van der Waals surface area contributed by atoms with E-state index in [1.807, 2.05) is 13.1 Å². The maximum Gasteiger partial charge on any atom is 0.253 e. The van der Waals surface area contributed by atoms with Gasteiger partial charge < -0.3 is 15.0 Å². The van der Waals surface area contributed by atoms with Crippen LogP contribution in [-0.4, -0.2) is 38.7 Å². The van der Waals surface area contributed by atoms with Crippen molar-refractivity contribution in [3.8, 4) is 5.75 Å². The minimum atomic E-state index is -3.33. The molecule has 4 rings (SSSR count). The first-order chi connectivity index (χ1) is 12.3. The molecule has 2 aliphatic rings. The number of carbonyl (C=O) groups excluding carboxylic acids is 1. The van der Waals surface area contributed by atoms with E-state index < -0.39 is 9.84 Å². The number of ether oxygens (including phenoxy) is 1. The highest BCUT2D eigenvalue weighted by Gasteiger charge is 2.32. The number of sulfone groups is 1. The summed E-state index contributed by atoms with van der Waals surface area (Å²) in [5, 5.41) is 2.91. The molecule has 1 aliphatic carbocycles. The van der Waals surface area contributed by atoms with Gasteiger partial charge in [-0.25, -0.2) is 8.42 Å². The number of aryl methyl sites for hydroxylation is 1. The molecule has 0 spiro atoms. The van der Waals surface area contributed by atoms with E-state index in [2.05, 4.69) is 10.3 Å². The molecule has 1 aromatic heterocycles. The van der Waals surface area contributed by atoms with Gasteiger partial charge in [-0.1, -0.05) is 0 Å². The van der Waals surface area contributed by atoms with E-state index in [1.54, 1.807) is 18.2 Å². The van der Waals surface area contributed by atoms with Crippen molar-refractivity contribution in [2.75, 3.05) is 19.4 Å². The predicted molar refractivity (Wildman–Crippen MR) is 97.5 cm³/mol. The Morgan fingerprint density at radius 2 is 2.00 bits per heavy atom. The van der Waals surface area contributed by atoms with E-state index in [1.165, 1.54) is 19.1 Å². The lowest BCUT2D eigenvalue weighted by Gasteiger charge is -2.26. The smallest absolute Gasteiger partial charge is 0.253 e. The van der Waals surface area contributed by atoms with Gasteiger partial charge in [0.1, 0.15) is 5.75 Å². The first-order valence-electron chi connectivity index (χ1n) is 8.77. The molecule has 2 aromatic rings. The van der Waals surface area contributed by atoms with Crippen molar-refractivity contribution in [1.29, 1.82) is 0 Å². The number of H-pyrrole nitrogens is 1. The third-order valence-corrected chi connectivity index (χ3v) is 6.24. The van der Waals surface area contributed by atoms with Gasteiger partial charge >= 0.3 is 0 Å². The summed E-state index contributed by atoms with van der Waals surface area (Å²) < 4.78 is 30.1. The molecule has 1 amide bonds. The second-order valence-corrected chi connectivity index (χ2v) is 9.25. The largest absolute Gasteiger partial charge is 0.493 e. The second-order valence-electron chi connectivity index (χ2n) is 7.23. The van der Waals surface area contributed by atoms with Crippen LogP contribution in [0.3, 0.4) is 0 Å². The van der Waals surface area contributed by atoms with Crippen LogP contribution >= 0.6 is 0 Å². The van der Waals surface area contributed by atoms with Gasteiger partial charge in [-0.15, -0.1) is 0 Å². The monoisotopic (exact) mass is 374 g/mol. The Hall–Kier alpha value is -2.28. The number of aromatic amines is 1. The molecule has 2 N–H and O–H groups in total. The van der Waals surface area contributed by atoms with Gasteiger partial charge in [0.2, 0.25) is 0 Å². The molecular formula is C19H22N2O4S. The first kappa shape index (κ1) is 17.1. The third-order valence-electron chi connectivity index (χ3n) is 5.13. The average Bonchev–Trinajstić information content (AvgIpc) is 3.34. The highest BCUT2D eigenvalue weighted by molar-refractivity contribution is 7.90. The van der Waals surface area contributed by atoms with Crippen LogP contribution in [0.5, 0.6) is 5.75 Å². The molecule has 26 heavy (non-hydrogen) atoms. The van der Waals surface area contributed by atoms with Crippen molar-refractivity contribution in [1.82, 2.24) is 10.3 Å². The summed E-state index contributed by atoms with van der Waals surface area (Å²) >= 11 is 0. The normalized spacial score (nSPS) is 19.8. The lowest BCUT2D eigenvalue weighted by molar-refractivity contribution is 0.0942. The molecular weight excluding hydrogens is 352 g/mol. The van der Waals surface area contributed by atoms with Crippen LogP contribution in [0.4, 0.5) is 0 Å². The van der Waals surface area contributed by atoms with E-state index in [0.717, 1.165) is 16.8 Å². The van der Waals surface area contributed by atoms with E-state index in [-0.39, 0.29) is 16.7 Å². The van der Waals surface area contributed by atoms with Gasteiger partial charge in [-0.05, 0) is 49.4 Å². The number of amides is 1. The Labute approximate surface area is 152 Å². The summed E-state index contributed by atoms with van der Waals surface area (Å²) in [6, 6.07) is 5.02. The number of hydrogen-bond donors (Lipinski definition) is 2. The number of benzene rings is 1. The zero-order valence-electron chi connectivity index (χ0n) is 14.8. The van der Waals surface area contributed by atoms with Crippen LogP contribution in [0, 0.1) is 12.8 Å². The molecule has 1 fully saturated rings. The predicted octanol–water partition coefficient (Wildman–Crippen LogP) is 2.39. The standard InChI is InChI=1S/C19H22N2O4S/c1-11-18-16(9-20-11)15(8-21-19(18)22)14-7-13(26(2,23)24)5-6-17(14)25-10-12-3-4-12/h5-7,9,12,15,20H,3-4,8,10H2,1-2H3,(H,21,22). The van der Waals surface area contributed by atoms with E-state index in [4.69, 9.17) is 4.74 Å². The highest BCUT2D eigenvalue weighted by atomic mass is 32.2. The highest BCUT2D eigenvalue weighted by Crippen LogP contribution is 2.38. The maximum absolute atomic E-state index is 12.2. The van der Waals surface area contributed by atoms with E-state index in [0.29, 0.717) is 30.4 Å². The Kier molecular flexibility index (Phi) is 4.06. The molecule has 1 aliphatic heterocycles. The van der Waals surface area contributed by atoms with Crippen LogP contribution in [0.25, 0.3) is 0 Å². The Morgan fingerprint density at radius 3 is 2.69 bits per heavy atom. The lowest BCUT2D eigenvalue weighted by Crippen LogP contribution is -2.35. The number of hydrogen-bond acceptors (Lipinski definition) is 4. The summed E-state index contributed by atoms with van der Waals surface area (Å²) in [5.41, 5.74) is 3.13. The van der Waals surface area contributed by atoms with Crippen molar-refractivity contribution < 1.29 is 17.9 Å². The maximum atomic E-state index is 12.2. The summed E-state index contributed by atoms with van der Waals surface area (Å²) in [6.45, 7) is 2.91. The summed E-state index contributed by atoms with van der Waals surface area (Å²) in [7, 11) is -3.33. The quantitative estimate of drug-likeness (QED) is 0.841. The van der Waals surface area contributed by atoms with Crippen LogP contribution in [0.1, 0.15) is 45.9 Å². The van der Waals surface area contributed by atoms with Crippen LogP contribution in [0.15, 0.2) is 29.3 Å². The summed E-state index contributed by atoms with van der Waals surface area (Å²) in [6.07, 6.45) is 5.39. The molecule has 1 atom stereocenters. The van der Waals surface area contributed by atoms with Crippen molar-refractivity contribution >= 4 is 15.7 Å². The number of nitrogens with one attached hydrogen (secondary N) is 2. The minimum Gasteiger partial charge on any atom is -0.493 e. The minimum absolute atomic E-state index is 0.102. The molecule has 6 nitrogen and oxygen atoms in total. The molecule has 0 saturated heterocycles. The van der Waals surface area contributed by atoms with Crippen molar-refractivity contribution in [2.45, 2.75) is 30.6 Å². The van der Waals surface area contributed by atoms with Crippen LogP contribution in [0.2, 0.25) is 0 Å². The molecule has 1 saturated carbocycles. The molecule has 0 bridgehead atoms. The Bertz CT molecular complexity index is 973. The van der Waals surface area contributed by atoms with Gasteiger partial charge in [-0.2, -0.15) is 0 Å². The SMILES string of the molecule is Cc1[nH]cc2c1C(=O)NCC2c1cc(S(C)(=O)=O)ccc1OCC1CC1. The number of rotatable bonds is 5. The zero-order chi connectivity index (χ0) is 18.5. The van der Waals surface area contributed by atoms with Crippen molar-refractivity contribution in [2.24, 2.45) is 5.92 Å². The molecule has 2 heterocycles. The zero-order valence-corrected chi connectivity index (χ0v) is 15.7. The van der Waals surface area contributed by atoms with E-state index >= 15 is 0 Å². The fourth-order valence-corrected chi connectivity index (χ4v) is 4.10. The molecule has 1 aromatic carbocycles. The van der Waals surface area contributed by atoms with Crippen LogP contribution in [-0.2, 0) is 9.84 Å². The molecule has 1 unspecified atom stereocenters. The number of carbonyl (C=O) groups is 1. The number of aromatic nitrogens is 1. The van der Waals surface area contributed by atoms with Gasteiger partial charge in [0.15, 0.2) is 9.84 Å². The fraction of sp³-hybridized carbons (Fsp3) is 0.421. The average molecular weight is 374 g/mol. The Morgan fingerprint density at radius 1 is 1.23 bits per heavy atom. The third kappa shape index (κ3) is 3.11. The molecule has 7 heteroatoms. The summed E-state index contributed by atoms with van der Waals surface area (Å²) in [4.78, 5) is 15.6. The van der Waals surface area contributed by atoms with Crippen molar-refractivity contribution in [3.05, 3.63) is 46.8 Å². The second kappa shape index (κ2) is 6.16. The Balaban J connectivity index is 1.80. The lowest BCUT2D eigenvalue weighted by atomic mass is 9.86. The van der Waals surface area contributed by atoms with Crippen LogP contribution < -0.4 is 10.1 Å². The topological polar surface area (TPSA) is 88.3 Å². The van der Waals surface area contributed by atoms with Crippen molar-refractivity contribution in [3.63, 3.8) is 0 Å².